The largest absolute Gasteiger partial charge is 0.489 e. The molecule has 2 fully saturated rings. The molecule has 0 spiro atoms. The number of hydrogen-bond donors (Lipinski definition) is 2. The van der Waals surface area contributed by atoms with E-state index in [4.69, 9.17) is 4.74 Å². The number of ether oxygens (including phenoxy) is 1. The van der Waals surface area contributed by atoms with Crippen molar-refractivity contribution >= 4 is 10.9 Å². The number of nitrogens with one attached hydrogen (secondary N) is 2. The van der Waals surface area contributed by atoms with E-state index < -0.39 is 0 Å². The summed E-state index contributed by atoms with van der Waals surface area (Å²) in [5, 5.41) is 0.726. The zero-order valence-electron chi connectivity index (χ0n) is 19.8. The lowest BCUT2D eigenvalue weighted by molar-refractivity contribution is -0.928. The van der Waals surface area contributed by atoms with Crippen LogP contribution in [0.25, 0.3) is 10.9 Å². The highest BCUT2D eigenvalue weighted by atomic mass is 16.5. The van der Waals surface area contributed by atoms with Crippen molar-refractivity contribution in [2.24, 2.45) is 10.8 Å². The first-order valence-electron chi connectivity index (χ1n) is 11.9. The Hall–Kier alpha value is -2.59. The molecule has 2 N–H and O–H groups in total. The number of likely N-dealkylation sites (tertiary alicyclic amines) is 1. The van der Waals surface area contributed by atoms with Crippen molar-refractivity contribution in [3.8, 4) is 5.75 Å². The van der Waals surface area contributed by atoms with Gasteiger partial charge in [0, 0.05) is 34.9 Å². The fourth-order valence-electron chi connectivity index (χ4n) is 6.66. The molecule has 1 aliphatic carbocycles. The highest BCUT2D eigenvalue weighted by molar-refractivity contribution is 5.81. The van der Waals surface area contributed by atoms with Crippen LogP contribution in [0.5, 0.6) is 5.75 Å². The van der Waals surface area contributed by atoms with Gasteiger partial charge >= 0.3 is 0 Å². The third-order valence-corrected chi connectivity index (χ3v) is 7.61. The molecule has 32 heavy (non-hydrogen) atoms. The molecule has 3 unspecified atom stereocenters. The fraction of sp³-hybridized carbons (Fsp3) is 0.464. The van der Waals surface area contributed by atoms with Crippen LogP contribution >= 0.6 is 0 Å². The molecule has 3 aromatic rings. The van der Waals surface area contributed by atoms with Crippen LogP contribution < -0.4 is 15.1 Å². The summed E-state index contributed by atoms with van der Waals surface area (Å²) in [7, 11) is 0. The molecule has 1 saturated heterocycles. The van der Waals surface area contributed by atoms with E-state index in [0.717, 1.165) is 46.6 Å². The number of H-pyrrole nitrogens is 1. The second-order valence-electron chi connectivity index (χ2n) is 11.3. The molecule has 4 heteroatoms. The smallest absolute Gasteiger partial charge is 0.198 e. The van der Waals surface area contributed by atoms with Crippen molar-refractivity contribution in [2.45, 2.75) is 66.2 Å². The number of quaternary nitrogens is 1. The van der Waals surface area contributed by atoms with Crippen molar-refractivity contribution in [2.75, 3.05) is 6.54 Å². The van der Waals surface area contributed by atoms with Gasteiger partial charge in [0.1, 0.15) is 18.9 Å². The first kappa shape index (κ1) is 21.3. The van der Waals surface area contributed by atoms with Crippen LogP contribution in [0.4, 0.5) is 0 Å². The quantitative estimate of drug-likeness (QED) is 0.629. The second kappa shape index (κ2) is 7.77. The lowest BCUT2D eigenvalue weighted by Crippen LogP contribution is -3.12. The summed E-state index contributed by atoms with van der Waals surface area (Å²) < 4.78 is 5.99. The summed E-state index contributed by atoms with van der Waals surface area (Å²) in [5.74, 6) is 0.736. The Morgan fingerprint density at radius 1 is 1.09 bits per heavy atom. The minimum absolute atomic E-state index is 0.153. The molecule has 2 heterocycles. The Labute approximate surface area is 190 Å². The average molecular weight is 432 g/mol. The second-order valence-corrected chi connectivity index (χ2v) is 11.3. The van der Waals surface area contributed by atoms with E-state index in [1.165, 1.54) is 19.3 Å². The summed E-state index contributed by atoms with van der Waals surface area (Å²) in [4.78, 5) is 18.7. The maximum absolute atomic E-state index is 13.6. The van der Waals surface area contributed by atoms with Crippen molar-refractivity contribution in [3.63, 3.8) is 0 Å². The molecular formula is C28H35N2O2+. The van der Waals surface area contributed by atoms with Gasteiger partial charge in [0.15, 0.2) is 5.43 Å². The van der Waals surface area contributed by atoms with E-state index >= 15 is 0 Å². The van der Waals surface area contributed by atoms with Crippen molar-refractivity contribution in [1.82, 2.24) is 4.98 Å². The van der Waals surface area contributed by atoms with Gasteiger partial charge in [-0.05, 0) is 42.5 Å². The van der Waals surface area contributed by atoms with Gasteiger partial charge in [0.25, 0.3) is 0 Å². The van der Waals surface area contributed by atoms with Crippen LogP contribution in [-0.4, -0.2) is 17.6 Å². The van der Waals surface area contributed by atoms with E-state index in [-0.39, 0.29) is 5.43 Å². The molecule has 4 nitrogen and oxygen atoms in total. The summed E-state index contributed by atoms with van der Waals surface area (Å²) in [6.07, 6.45) is 3.82. The van der Waals surface area contributed by atoms with Crippen LogP contribution in [0.15, 0.2) is 53.3 Å². The Bertz CT molecular complexity index is 1200. The SMILES string of the molecule is Cc1[nH]c2ccc(OCc3ccccc3)cc2c(=O)c1C[NH+]1CC2(C)CC1CC(C)(C)C2. The predicted octanol–water partition coefficient (Wildman–Crippen LogP) is 4.40. The first-order valence-corrected chi connectivity index (χ1v) is 11.9. The molecule has 168 valence electrons. The minimum atomic E-state index is 0.153. The summed E-state index contributed by atoms with van der Waals surface area (Å²) >= 11 is 0. The summed E-state index contributed by atoms with van der Waals surface area (Å²) in [6.45, 7) is 11.8. The summed E-state index contributed by atoms with van der Waals surface area (Å²) in [5.41, 5.74) is 4.88. The third-order valence-electron chi connectivity index (χ3n) is 7.61. The van der Waals surface area contributed by atoms with Crippen LogP contribution in [-0.2, 0) is 13.2 Å². The molecule has 2 bridgehead atoms. The maximum atomic E-state index is 13.6. The van der Waals surface area contributed by atoms with E-state index in [2.05, 4.69) is 25.8 Å². The van der Waals surface area contributed by atoms with Crippen LogP contribution in [0.1, 0.15) is 56.9 Å². The molecule has 1 aliphatic heterocycles. The van der Waals surface area contributed by atoms with Gasteiger partial charge < -0.3 is 14.6 Å². The van der Waals surface area contributed by atoms with Crippen LogP contribution in [0, 0.1) is 17.8 Å². The van der Waals surface area contributed by atoms with E-state index in [0.29, 0.717) is 23.5 Å². The monoisotopic (exact) mass is 431 g/mol. The van der Waals surface area contributed by atoms with Gasteiger partial charge in [-0.3, -0.25) is 4.79 Å². The van der Waals surface area contributed by atoms with Gasteiger partial charge in [-0.2, -0.15) is 0 Å². The number of fused-ring (bicyclic) bond motifs is 3. The maximum Gasteiger partial charge on any atom is 0.198 e. The molecule has 0 amide bonds. The molecule has 0 radical (unpaired) electrons. The zero-order valence-corrected chi connectivity index (χ0v) is 19.8. The number of aromatic amines is 1. The molecule has 3 atom stereocenters. The number of benzene rings is 2. The highest BCUT2D eigenvalue weighted by Gasteiger charge is 2.52. The lowest BCUT2D eigenvalue weighted by atomic mass is 9.65. The number of hydrogen-bond acceptors (Lipinski definition) is 2. The zero-order chi connectivity index (χ0) is 22.5. The van der Waals surface area contributed by atoms with Gasteiger partial charge in [-0.25, -0.2) is 0 Å². The lowest BCUT2D eigenvalue weighted by Gasteiger charge is -2.37. The Morgan fingerprint density at radius 3 is 2.66 bits per heavy atom. The normalized spacial score (nSPS) is 26.4. The average Bonchev–Trinajstić information content (AvgIpc) is 2.98. The van der Waals surface area contributed by atoms with Gasteiger partial charge in [0.2, 0.25) is 0 Å². The first-order chi connectivity index (χ1) is 15.2. The van der Waals surface area contributed by atoms with E-state index in [1.807, 2.05) is 55.5 Å². The standard InChI is InChI=1S/C28H34N2O2/c1-19-24(15-30-18-28(4)14-21(30)13-27(2,3)17-28)26(31)23-12-22(10-11-25(23)29-19)32-16-20-8-6-5-7-9-20/h5-12,21H,13-18H2,1-4H3,(H,29,31)/p+1. The highest BCUT2D eigenvalue weighted by Crippen LogP contribution is 2.47. The van der Waals surface area contributed by atoms with E-state index in [1.54, 1.807) is 4.90 Å². The number of rotatable bonds is 5. The topological polar surface area (TPSA) is 46.5 Å². The minimum Gasteiger partial charge on any atom is -0.489 e. The molecule has 1 saturated carbocycles. The van der Waals surface area contributed by atoms with Gasteiger partial charge in [0.05, 0.1) is 18.2 Å². The Morgan fingerprint density at radius 2 is 1.88 bits per heavy atom. The van der Waals surface area contributed by atoms with Crippen LogP contribution in [0.2, 0.25) is 0 Å². The molecule has 1 aromatic heterocycles. The van der Waals surface area contributed by atoms with Crippen molar-refractivity contribution in [1.29, 1.82) is 0 Å². The number of aryl methyl sites for hydroxylation is 1. The molecule has 2 aromatic carbocycles. The third kappa shape index (κ3) is 4.09. The molecule has 2 aliphatic rings. The van der Waals surface area contributed by atoms with Crippen molar-refractivity contribution < 1.29 is 9.64 Å². The van der Waals surface area contributed by atoms with Gasteiger partial charge in [-0.1, -0.05) is 51.1 Å². The summed E-state index contributed by atoms with van der Waals surface area (Å²) in [6, 6.07) is 16.6. The van der Waals surface area contributed by atoms with Gasteiger partial charge in [-0.15, -0.1) is 0 Å². The van der Waals surface area contributed by atoms with Crippen molar-refractivity contribution in [3.05, 3.63) is 75.6 Å². The molecular weight excluding hydrogens is 396 g/mol. The van der Waals surface area contributed by atoms with E-state index in [9.17, 15) is 4.79 Å². The predicted molar refractivity (Wildman–Crippen MR) is 129 cm³/mol. The Balaban J connectivity index is 1.42. The number of pyridine rings is 1. The number of aromatic nitrogens is 1. The Kier molecular flexibility index (Phi) is 5.16. The fourth-order valence-corrected chi connectivity index (χ4v) is 6.66. The van der Waals surface area contributed by atoms with Crippen LogP contribution in [0.3, 0.4) is 0 Å². The molecule has 5 rings (SSSR count).